The number of carbonyl (C=O) groups excluding carboxylic acids is 2. The number of aliphatic hydroxyl groups excluding tert-OH is 1. The van der Waals surface area contributed by atoms with Crippen LogP contribution in [0.2, 0.25) is 0 Å². The fourth-order valence-electron chi connectivity index (χ4n) is 3.20. The number of ether oxygens (including phenoxy) is 2. The summed E-state index contributed by atoms with van der Waals surface area (Å²) in [6, 6.07) is 2.16. The van der Waals surface area contributed by atoms with E-state index in [2.05, 4.69) is 10.6 Å². The molecule has 0 spiro atoms. The lowest BCUT2D eigenvalue weighted by Crippen LogP contribution is -2.50. The third-order valence-corrected chi connectivity index (χ3v) is 4.60. The molecule has 0 radical (unpaired) electrons. The van der Waals surface area contributed by atoms with Crippen molar-refractivity contribution in [1.82, 2.24) is 15.5 Å². The lowest BCUT2D eigenvalue weighted by atomic mass is 10.0. The van der Waals surface area contributed by atoms with Crippen LogP contribution < -0.4 is 10.6 Å². The number of alkyl carbamates (subject to hydrolysis) is 1. The van der Waals surface area contributed by atoms with Crippen LogP contribution >= 0.6 is 0 Å². The van der Waals surface area contributed by atoms with E-state index in [0.29, 0.717) is 19.6 Å². The highest BCUT2D eigenvalue weighted by atomic mass is 19.1. The molecule has 8 nitrogen and oxygen atoms in total. The first-order valence-corrected chi connectivity index (χ1v) is 10.3. The van der Waals surface area contributed by atoms with Crippen LogP contribution in [0, 0.1) is 11.6 Å². The summed E-state index contributed by atoms with van der Waals surface area (Å²) in [6.45, 7) is 8.30. The van der Waals surface area contributed by atoms with Gasteiger partial charge in [0.1, 0.15) is 23.3 Å². The van der Waals surface area contributed by atoms with E-state index in [-0.39, 0.29) is 30.7 Å². The first-order valence-electron chi connectivity index (χ1n) is 10.3. The van der Waals surface area contributed by atoms with E-state index >= 15 is 0 Å². The number of amides is 2. The minimum Gasteiger partial charge on any atom is -0.444 e. The largest absolute Gasteiger partial charge is 0.444 e. The molecule has 2 rings (SSSR count). The predicted molar refractivity (Wildman–Crippen MR) is 110 cm³/mol. The molecule has 31 heavy (non-hydrogen) atoms. The van der Waals surface area contributed by atoms with Crippen LogP contribution in [0.5, 0.6) is 0 Å². The van der Waals surface area contributed by atoms with Gasteiger partial charge in [-0.05, 0) is 51.8 Å². The molecule has 0 saturated carbocycles. The van der Waals surface area contributed by atoms with Crippen molar-refractivity contribution >= 4 is 12.2 Å². The van der Waals surface area contributed by atoms with Gasteiger partial charge in [0.05, 0.1) is 18.7 Å². The highest BCUT2D eigenvalue weighted by Gasteiger charge is 2.30. The molecule has 0 aromatic heterocycles. The van der Waals surface area contributed by atoms with E-state index in [4.69, 9.17) is 9.47 Å². The van der Waals surface area contributed by atoms with Gasteiger partial charge >= 0.3 is 12.2 Å². The molecule has 1 heterocycles. The molecular formula is C21H31F2N3O5. The lowest BCUT2D eigenvalue weighted by Gasteiger charge is -2.27. The Morgan fingerprint density at radius 1 is 1.32 bits per heavy atom. The number of hydrogen-bond acceptors (Lipinski definition) is 6. The van der Waals surface area contributed by atoms with Crippen molar-refractivity contribution in [2.75, 3.05) is 26.2 Å². The number of nitrogens with zero attached hydrogens (tertiary/aromatic N) is 1. The summed E-state index contributed by atoms with van der Waals surface area (Å²) in [6.07, 6.45) is -2.60. The highest BCUT2D eigenvalue weighted by molar-refractivity contribution is 5.69. The van der Waals surface area contributed by atoms with Crippen molar-refractivity contribution in [3.05, 3.63) is 35.4 Å². The highest BCUT2D eigenvalue weighted by Crippen LogP contribution is 2.14. The third-order valence-electron chi connectivity index (χ3n) is 4.60. The Hall–Kier alpha value is -2.46. The molecule has 2 amide bonds. The Kier molecular flexibility index (Phi) is 8.58. The monoisotopic (exact) mass is 443 g/mol. The van der Waals surface area contributed by atoms with Gasteiger partial charge in [0.2, 0.25) is 0 Å². The molecular weight excluding hydrogens is 412 g/mol. The van der Waals surface area contributed by atoms with Gasteiger partial charge in [-0.25, -0.2) is 18.4 Å². The van der Waals surface area contributed by atoms with Gasteiger partial charge < -0.3 is 30.1 Å². The Bertz CT molecular complexity index is 752. The molecule has 3 atom stereocenters. The standard InChI is InChI=1S/C21H31F2N3O5/c1-5-26-12-16(30-20(26)29)10-24-11-18(27)17(25-19(28)31-21(2,3)4)8-13-6-14(22)9-15(23)7-13/h6-7,9,16-18,24,27H,5,8,10-12H2,1-4H3,(H,25,28)/t16-,17+,18-/m1/s1. The van der Waals surface area contributed by atoms with Crippen LogP contribution in [0.3, 0.4) is 0 Å². The molecule has 1 aromatic rings. The van der Waals surface area contributed by atoms with E-state index < -0.39 is 35.5 Å². The molecule has 1 aliphatic rings. The second-order valence-corrected chi connectivity index (χ2v) is 8.50. The van der Waals surface area contributed by atoms with Gasteiger partial charge in [-0.2, -0.15) is 0 Å². The number of cyclic esters (lactones) is 1. The molecule has 1 aliphatic heterocycles. The van der Waals surface area contributed by atoms with Crippen molar-refractivity contribution in [3.63, 3.8) is 0 Å². The van der Waals surface area contributed by atoms with E-state index in [1.54, 1.807) is 25.7 Å². The number of hydrogen-bond donors (Lipinski definition) is 3. The molecule has 0 aliphatic carbocycles. The van der Waals surface area contributed by atoms with E-state index in [1.807, 2.05) is 6.92 Å². The van der Waals surface area contributed by atoms with Crippen LogP contribution in [-0.4, -0.2) is 72.2 Å². The fraction of sp³-hybridized carbons (Fsp3) is 0.619. The summed E-state index contributed by atoms with van der Waals surface area (Å²) >= 11 is 0. The maximum atomic E-state index is 13.6. The van der Waals surface area contributed by atoms with Gasteiger partial charge in [-0.1, -0.05) is 0 Å². The van der Waals surface area contributed by atoms with Gasteiger partial charge in [0.15, 0.2) is 0 Å². The molecule has 0 bridgehead atoms. The average molecular weight is 443 g/mol. The molecule has 1 aromatic carbocycles. The van der Waals surface area contributed by atoms with Crippen molar-refractivity contribution in [3.8, 4) is 0 Å². The van der Waals surface area contributed by atoms with Gasteiger partial charge in [-0.3, -0.25) is 0 Å². The summed E-state index contributed by atoms with van der Waals surface area (Å²) in [7, 11) is 0. The second-order valence-electron chi connectivity index (χ2n) is 8.50. The zero-order valence-corrected chi connectivity index (χ0v) is 18.3. The summed E-state index contributed by atoms with van der Waals surface area (Å²) in [5.41, 5.74) is -0.471. The number of likely N-dealkylation sites (N-methyl/N-ethyl adjacent to an activating group) is 1. The van der Waals surface area contributed by atoms with Crippen LogP contribution in [0.1, 0.15) is 33.3 Å². The second kappa shape index (κ2) is 10.7. The van der Waals surface area contributed by atoms with Gasteiger partial charge in [0, 0.05) is 25.7 Å². The summed E-state index contributed by atoms with van der Waals surface area (Å²) < 4.78 is 37.6. The predicted octanol–water partition coefficient (Wildman–Crippen LogP) is 2.19. The number of benzene rings is 1. The maximum absolute atomic E-state index is 13.6. The van der Waals surface area contributed by atoms with Crippen molar-refractivity contribution in [2.45, 2.75) is 58.0 Å². The number of aliphatic hydroxyl groups is 1. The first-order chi connectivity index (χ1) is 14.5. The fourth-order valence-corrected chi connectivity index (χ4v) is 3.20. The third kappa shape index (κ3) is 8.29. The van der Waals surface area contributed by atoms with E-state index in [1.165, 1.54) is 0 Å². The van der Waals surface area contributed by atoms with Gasteiger partial charge in [0.25, 0.3) is 0 Å². The quantitative estimate of drug-likeness (QED) is 0.541. The Balaban J connectivity index is 1.98. The zero-order chi connectivity index (χ0) is 23.2. The SMILES string of the molecule is CCN1C[C@@H](CNC[C@@H](O)[C@H](Cc2cc(F)cc(F)c2)NC(=O)OC(C)(C)C)OC1=O. The normalized spacial score (nSPS) is 18.5. The first kappa shape index (κ1) is 24.8. The number of nitrogens with one attached hydrogen (secondary N) is 2. The Morgan fingerprint density at radius 3 is 2.52 bits per heavy atom. The zero-order valence-electron chi connectivity index (χ0n) is 18.3. The number of rotatable bonds is 9. The molecule has 0 unspecified atom stereocenters. The Morgan fingerprint density at radius 2 is 1.97 bits per heavy atom. The smallest absolute Gasteiger partial charge is 0.410 e. The van der Waals surface area contributed by atoms with Crippen LogP contribution in [0.25, 0.3) is 0 Å². The lowest BCUT2D eigenvalue weighted by molar-refractivity contribution is 0.0418. The molecule has 1 saturated heterocycles. The average Bonchev–Trinajstić information content (AvgIpc) is 2.98. The van der Waals surface area contributed by atoms with Crippen LogP contribution in [0.15, 0.2) is 18.2 Å². The minimum absolute atomic E-state index is 0.0151. The summed E-state index contributed by atoms with van der Waals surface area (Å²) in [4.78, 5) is 25.4. The number of halogens is 2. The van der Waals surface area contributed by atoms with E-state index in [9.17, 15) is 23.5 Å². The van der Waals surface area contributed by atoms with Crippen molar-refractivity contribution < 1.29 is 33.0 Å². The topological polar surface area (TPSA) is 100 Å². The van der Waals surface area contributed by atoms with E-state index in [0.717, 1.165) is 18.2 Å². The minimum atomic E-state index is -1.10. The summed E-state index contributed by atoms with van der Waals surface area (Å²) in [5.74, 6) is -1.50. The molecule has 3 N–H and O–H groups in total. The van der Waals surface area contributed by atoms with Crippen molar-refractivity contribution in [2.24, 2.45) is 0 Å². The maximum Gasteiger partial charge on any atom is 0.410 e. The van der Waals surface area contributed by atoms with Gasteiger partial charge in [-0.15, -0.1) is 0 Å². The van der Waals surface area contributed by atoms with Crippen molar-refractivity contribution in [1.29, 1.82) is 0 Å². The molecule has 174 valence electrons. The molecule has 1 fully saturated rings. The molecule has 10 heteroatoms. The summed E-state index contributed by atoms with van der Waals surface area (Å²) in [5, 5.41) is 16.2. The van der Waals surface area contributed by atoms with Crippen LogP contribution in [0.4, 0.5) is 18.4 Å². The Labute approximate surface area is 180 Å². The number of carbonyl (C=O) groups is 2. The van der Waals surface area contributed by atoms with Crippen LogP contribution in [-0.2, 0) is 15.9 Å².